The maximum absolute atomic E-state index is 10.5. The lowest BCUT2D eigenvalue weighted by molar-refractivity contribution is -0.165. The first kappa shape index (κ1) is 14.0. The van der Waals surface area contributed by atoms with Gasteiger partial charge in [-0.2, -0.15) is 5.10 Å². The van der Waals surface area contributed by atoms with Crippen LogP contribution in [0.2, 0.25) is 0 Å². The molecule has 1 aromatic rings. The predicted octanol–water partition coefficient (Wildman–Crippen LogP) is 1.14. The van der Waals surface area contributed by atoms with Crippen molar-refractivity contribution in [1.82, 2.24) is 14.7 Å². The van der Waals surface area contributed by atoms with E-state index in [0.29, 0.717) is 6.04 Å². The Hall–Kier alpha value is -1.40. The van der Waals surface area contributed by atoms with E-state index >= 15 is 0 Å². The number of rotatable bonds is 6. The molecule has 6 nitrogen and oxygen atoms in total. The minimum Gasteiger partial charge on any atom is -0.480 e. The zero-order valence-corrected chi connectivity index (χ0v) is 11.7. The molecule has 19 heavy (non-hydrogen) atoms. The zero-order valence-electron chi connectivity index (χ0n) is 11.7. The third-order valence-corrected chi connectivity index (χ3v) is 3.25. The molecule has 0 unspecified atom stereocenters. The molecule has 2 heterocycles. The van der Waals surface area contributed by atoms with Gasteiger partial charge >= 0.3 is 5.97 Å². The largest absolute Gasteiger partial charge is 0.480 e. The van der Waals surface area contributed by atoms with Crippen LogP contribution in [0.15, 0.2) is 12.4 Å². The topological polar surface area (TPSA) is 67.6 Å². The van der Waals surface area contributed by atoms with E-state index in [-0.39, 0.29) is 12.2 Å². The van der Waals surface area contributed by atoms with E-state index in [9.17, 15) is 4.79 Å². The molecular formula is C13H21N3O3. The first-order chi connectivity index (χ1) is 8.88. The van der Waals surface area contributed by atoms with Gasteiger partial charge in [0.2, 0.25) is 0 Å². The van der Waals surface area contributed by atoms with E-state index in [0.717, 1.165) is 19.6 Å². The highest BCUT2D eigenvalue weighted by Gasteiger charge is 2.40. The van der Waals surface area contributed by atoms with Crippen molar-refractivity contribution in [1.29, 1.82) is 0 Å². The molecule has 1 aliphatic heterocycles. The third-order valence-electron chi connectivity index (χ3n) is 3.25. The molecule has 2 rings (SSSR count). The minimum atomic E-state index is -0.919. The second-order valence-corrected chi connectivity index (χ2v) is 5.70. The molecule has 1 aliphatic rings. The summed E-state index contributed by atoms with van der Waals surface area (Å²) in [4.78, 5) is 12.7. The standard InChI is InChI=1S/C13H21N3O3/c1-10(2)16-6-11(4-14-16)5-15-8-13(3,9-15)19-7-12(17)18/h4,6,10H,5,7-9H2,1-3H3,(H,17,18). The van der Waals surface area contributed by atoms with Gasteiger partial charge in [-0.15, -0.1) is 0 Å². The smallest absolute Gasteiger partial charge is 0.329 e. The second kappa shape index (κ2) is 5.30. The number of aromatic nitrogens is 2. The predicted molar refractivity (Wildman–Crippen MR) is 69.9 cm³/mol. The van der Waals surface area contributed by atoms with Crippen LogP contribution in [0.4, 0.5) is 0 Å². The molecule has 0 aromatic carbocycles. The van der Waals surface area contributed by atoms with Crippen LogP contribution in [0, 0.1) is 0 Å². The van der Waals surface area contributed by atoms with Crippen LogP contribution in [-0.4, -0.2) is 51.1 Å². The van der Waals surface area contributed by atoms with Crippen molar-refractivity contribution in [2.45, 2.75) is 39.0 Å². The van der Waals surface area contributed by atoms with Crippen LogP contribution in [-0.2, 0) is 16.1 Å². The molecule has 1 N–H and O–H groups in total. The number of hydrogen-bond donors (Lipinski definition) is 1. The third kappa shape index (κ3) is 3.54. The van der Waals surface area contributed by atoms with Gasteiger partial charge in [0.25, 0.3) is 0 Å². The van der Waals surface area contributed by atoms with Crippen LogP contribution in [0.3, 0.4) is 0 Å². The lowest BCUT2D eigenvalue weighted by atomic mass is 9.96. The number of aliphatic carboxylic acids is 1. The Kier molecular flexibility index (Phi) is 3.91. The number of ether oxygens (including phenoxy) is 1. The summed E-state index contributed by atoms with van der Waals surface area (Å²) >= 11 is 0. The van der Waals surface area contributed by atoms with E-state index in [2.05, 4.69) is 30.0 Å². The molecule has 0 bridgehead atoms. The molecule has 0 spiro atoms. The van der Waals surface area contributed by atoms with Crippen molar-refractivity contribution in [3.8, 4) is 0 Å². The molecule has 0 saturated carbocycles. The summed E-state index contributed by atoms with van der Waals surface area (Å²) in [5.74, 6) is -0.919. The molecule has 1 aromatic heterocycles. The Morgan fingerprint density at radius 3 is 2.79 bits per heavy atom. The Morgan fingerprint density at radius 1 is 1.58 bits per heavy atom. The van der Waals surface area contributed by atoms with Gasteiger partial charge in [-0.3, -0.25) is 9.58 Å². The minimum absolute atomic E-state index is 0.227. The number of carbonyl (C=O) groups is 1. The lowest BCUT2D eigenvalue weighted by Gasteiger charge is -2.47. The lowest BCUT2D eigenvalue weighted by Crippen LogP contribution is -2.61. The molecule has 106 valence electrons. The number of likely N-dealkylation sites (tertiary alicyclic amines) is 1. The van der Waals surface area contributed by atoms with Crippen molar-refractivity contribution in [3.05, 3.63) is 18.0 Å². The van der Waals surface area contributed by atoms with E-state index in [1.807, 2.05) is 17.8 Å². The highest BCUT2D eigenvalue weighted by molar-refractivity contribution is 5.68. The highest BCUT2D eigenvalue weighted by Crippen LogP contribution is 2.26. The molecular weight excluding hydrogens is 246 g/mol. The first-order valence-corrected chi connectivity index (χ1v) is 6.49. The molecule has 0 aliphatic carbocycles. The number of hydrogen-bond acceptors (Lipinski definition) is 4. The molecule has 6 heteroatoms. The quantitative estimate of drug-likeness (QED) is 0.837. The average molecular weight is 267 g/mol. The van der Waals surface area contributed by atoms with E-state index in [1.54, 1.807) is 0 Å². The van der Waals surface area contributed by atoms with Crippen molar-refractivity contribution < 1.29 is 14.6 Å². The van der Waals surface area contributed by atoms with Crippen LogP contribution >= 0.6 is 0 Å². The van der Waals surface area contributed by atoms with E-state index in [1.165, 1.54) is 5.56 Å². The summed E-state index contributed by atoms with van der Waals surface area (Å²) in [5, 5.41) is 12.9. The summed E-state index contributed by atoms with van der Waals surface area (Å²) < 4.78 is 7.32. The average Bonchev–Trinajstić information content (AvgIpc) is 2.73. The SMILES string of the molecule is CC(C)n1cc(CN2CC(C)(OCC(=O)O)C2)cn1. The van der Waals surface area contributed by atoms with Crippen LogP contribution in [0.1, 0.15) is 32.4 Å². The molecule has 1 saturated heterocycles. The Labute approximate surface area is 113 Å². The fourth-order valence-corrected chi connectivity index (χ4v) is 2.34. The van der Waals surface area contributed by atoms with Crippen molar-refractivity contribution in [2.75, 3.05) is 19.7 Å². The highest BCUT2D eigenvalue weighted by atomic mass is 16.5. The second-order valence-electron chi connectivity index (χ2n) is 5.70. The normalized spacial score (nSPS) is 18.5. The maximum Gasteiger partial charge on any atom is 0.329 e. The fraction of sp³-hybridized carbons (Fsp3) is 0.692. The van der Waals surface area contributed by atoms with Crippen LogP contribution in [0.5, 0.6) is 0 Å². The summed E-state index contributed by atoms with van der Waals surface area (Å²) in [5.41, 5.74) is 0.848. The number of nitrogens with zero attached hydrogens (tertiary/aromatic N) is 3. The van der Waals surface area contributed by atoms with Gasteiger partial charge in [0.05, 0.1) is 11.8 Å². The van der Waals surface area contributed by atoms with Crippen molar-refractivity contribution in [3.63, 3.8) is 0 Å². The molecule has 0 radical (unpaired) electrons. The van der Waals surface area contributed by atoms with Gasteiger partial charge < -0.3 is 9.84 Å². The number of carboxylic acids is 1. The van der Waals surface area contributed by atoms with Gasteiger partial charge in [-0.05, 0) is 20.8 Å². The van der Waals surface area contributed by atoms with Crippen molar-refractivity contribution in [2.24, 2.45) is 0 Å². The number of carboxylic acid groups (broad SMARTS) is 1. The van der Waals surface area contributed by atoms with Crippen LogP contribution in [0.25, 0.3) is 0 Å². The van der Waals surface area contributed by atoms with Gasteiger partial charge in [0, 0.05) is 37.4 Å². The maximum atomic E-state index is 10.5. The Balaban J connectivity index is 1.79. The fourth-order valence-electron chi connectivity index (χ4n) is 2.34. The molecule has 0 amide bonds. The summed E-state index contributed by atoms with van der Waals surface area (Å²) in [7, 11) is 0. The van der Waals surface area contributed by atoms with Crippen molar-refractivity contribution >= 4 is 5.97 Å². The van der Waals surface area contributed by atoms with E-state index < -0.39 is 5.97 Å². The monoisotopic (exact) mass is 267 g/mol. The van der Waals surface area contributed by atoms with Gasteiger partial charge in [0.1, 0.15) is 6.61 Å². The Bertz CT molecular complexity index is 450. The molecule has 1 fully saturated rings. The van der Waals surface area contributed by atoms with E-state index in [4.69, 9.17) is 9.84 Å². The first-order valence-electron chi connectivity index (χ1n) is 6.49. The van der Waals surface area contributed by atoms with Gasteiger partial charge in [0.15, 0.2) is 0 Å². The molecule has 0 atom stereocenters. The summed E-state index contributed by atoms with van der Waals surface area (Å²) in [6.45, 7) is 8.26. The Morgan fingerprint density at radius 2 is 2.26 bits per heavy atom. The van der Waals surface area contributed by atoms with Gasteiger partial charge in [-0.25, -0.2) is 4.79 Å². The summed E-state index contributed by atoms with van der Waals surface area (Å²) in [6.07, 6.45) is 3.94. The zero-order chi connectivity index (χ0) is 14.0. The van der Waals surface area contributed by atoms with Crippen LogP contribution < -0.4 is 0 Å². The summed E-state index contributed by atoms with van der Waals surface area (Å²) in [6, 6.07) is 0.370. The van der Waals surface area contributed by atoms with Gasteiger partial charge in [-0.1, -0.05) is 0 Å².